The smallest absolute Gasteiger partial charge is 0.253 e. The van der Waals surface area contributed by atoms with Crippen LogP contribution in [0, 0.1) is 5.82 Å². The van der Waals surface area contributed by atoms with Crippen LogP contribution in [0.2, 0.25) is 5.02 Å². The molecule has 0 unspecified atom stereocenters. The summed E-state index contributed by atoms with van der Waals surface area (Å²) in [5, 5.41) is 3.32. The average Bonchev–Trinajstić information content (AvgIpc) is 3.19. The highest BCUT2D eigenvalue weighted by atomic mass is 35.5. The molecule has 5 rings (SSSR count). The molecule has 0 bridgehead atoms. The molecule has 3 amide bonds. The Labute approximate surface area is 225 Å². The first-order chi connectivity index (χ1) is 18.4. The van der Waals surface area contributed by atoms with E-state index in [4.69, 9.17) is 11.6 Å². The molecule has 0 aliphatic carbocycles. The van der Waals surface area contributed by atoms with Gasteiger partial charge in [-0.2, -0.15) is 0 Å². The van der Waals surface area contributed by atoms with Gasteiger partial charge in [0.15, 0.2) is 0 Å². The second-order valence-corrected chi connectivity index (χ2v) is 10.1. The van der Waals surface area contributed by atoms with Gasteiger partial charge in [-0.15, -0.1) is 0 Å². The number of carbonyl (C=O) groups is 3. The van der Waals surface area contributed by atoms with Gasteiger partial charge in [-0.3, -0.25) is 14.4 Å². The van der Waals surface area contributed by atoms with E-state index in [2.05, 4.69) is 10.2 Å². The van der Waals surface area contributed by atoms with Crippen molar-refractivity contribution >= 4 is 35.0 Å². The topological polar surface area (TPSA) is 73.0 Å². The molecule has 1 spiro atoms. The Morgan fingerprint density at radius 2 is 1.66 bits per heavy atom. The molecule has 0 atom stereocenters. The molecule has 7 nitrogen and oxygen atoms in total. The SMILES string of the molecule is O=C(CN1CN(c2ccccc2)C2(CCN(C(=O)c3cccc(Cl)c3)CC2)C1=O)NCc1ccc(F)cc1. The maximum atomic E-state index is 13.8. The van der Waals surface area contributed by atoms with Crippen molar-refractivity contribution in [1.82, 2.24) is 15.1 Å². The zero-order chi connectivity index (χ0) is 26.7. The monoisotopic (exact) mass is 534 g/mol. The summed E-state index contributed by atoms with van der Waals surface area (Å²) >= 11 is 6.08. The van der Waals surface area contributed by atoms with E-state index in [0.717, 1.165) is 11.3 Å². The van der Waals surface area contributed by atoms with Crippen LogP contribution in [0.1, 0.15) is 28.8 Å². The molecular weight excluding hydrogens is 507 g/mol. The minimum absolute atomic E-state index is 0.0870. The van der Waals surface area contributed by atoms with Gasteiger partial charge in [0.2, 0.25) is 5.91 Å². The normalized spacial score (nSPS) is 16.7. The number of nitrogens with one attached hydrogen (secondary N) is 1. The number of halogens is 2. The summed E-state index contributed by atoms with van der Waals surface area (Å²) in [4.78, 5) is 45.1. The fourth-order valence-corrected chi connectivity index (χ4v) is 5.43. The first kappa shape index (κ1) is 25.7. The number of rotatable bonds is 6. The van der Waals surface area contributed by atoms with E-state index in [-0.39, 0.29) is 43.3 Å². The highest BCUT2D eigenvalue weighted by Gasteiger charge is 2.54. The van der Waals surface area contributed by atoms with Crippen molar-refractivity contribution in [1.29, 1.82) is 0 Å². The van der Waals surface area contributed by atoms with Gasteiger partial charge in [-0.25, -0.2) is 4.39 Å². The second kappa shape index (κ2) is 10.8. The van der Waals surface area contributed by atoms with Gasteiger partial charge >= 0.3 is 0 Å². The van der Waals surface area contributed by atoms with Gasteiger partial charge in [0.05, 0.1) is 6.67 Å². The number of likely N-dealkylation sites (tertiary alicyclic amines) is 1. The first-order valence-electron chi connectivity index (χ1n) is 12.5. The standard InChI is InChI=1S/C29H28ClFN4O3/c30-23-6-4-5-22(17-23)27(37)33-15-13-29(14-16-33)28(38)34(20-35(29)25-7-2-1-3-8-25)19-26(36)32-18-21-9-11-24(31)12-10-21/h1-12,17H,13-16,18-20H2,(H,32,36). The summed E-state index contributed by atoms with van der Waals surface area (Å²) in [6, 6.07) is 22.4. The molecule has 9 heteroatoms. The summed E-state index contributed by atoms with van der Waals surface area (Å²) in [7, 11) is 0. The van der Waals surface area contributed by atoms with Crippen LogP contribution in [-0.4, -0.2) is 59.4 Å². The number of amides is 3. The maximum Gasteiger partial charge on any atom is 0.253 e. The fourth-order valence-electron chi connectivity index (χ4n) is 5.24. The lowest BCUT2D eigenvalue weighted by Crippen LogP contribution is -2.57. The molecule has 0 radical (unpaired) electrons. The van der Waals surface area contributed by atoms with Crippen LogP contribution in [-0.2, 0) is 16.1 Å². The van der Waals surface area contributed by atoms with Crippen LogP contribution in [0.3, 0.4) is 0 Å². The second-order valence-electron chi connectivity index (χ2n) is 9.65. The van der Waals surface area contributed by atoms with Crippen molar-refractivity contribution in [3.8, 4) is 0 Å². The molecule has 196 valence electrons. The molecule has 2 saturated heterocycles. The predicted octanol–water partition coefficient (Wildman–Crippen LogP) is 4.08. The molecule has 0 saturated carbocycles. The number of benzene rings is 3. The van der Waals surface area contributed by atoms with E-state index in [0.29, 0.717) is 36.5 Å². The molecule has 3 aromatic rings. The lowest BCUT2D eigenvalue weighted by atomic mass is 9.85. The summed E-state index contributed by atoms with van der Waals surface area (Å²) in [5.74, 6) is -0.861. The molecule has 1 N–H and O–H groups in total. The summed E-state index contributed by atoms with van der Waals surface area (Å²) < 4.78 is 13.2. The molecule has 3 aromatic carbocycles. The Balaban J connectivity index is 1.30. The number of piperidine rings is 1. The van der Waals surface area contributed by atoms with E-state index in [9.17, 15) is 18.8 Å². The van der Waals surface area contributed by atoms with Crippen LogP contribution in [0.5, 0.6) is 0 Å². The summed E-state index contributed by atoms with van der Waals surface area (Å²) in [6.07, 6.45) is 0.890. The Hall–Kier alpha value is -3.91. The highest BCUT2D eigenvalue weighted by molar-refractivity contribution is 6.31. The fraction of sp³-hybridized carbons (Fsp3) is 0.276. The van der Waals surface area contributed by atoms with Crippen molar-refractivity contribution in [2.45, 2.75) is 24.9 Å². The first-order valence-corrected chi connectivity index (χ1v) is 12.9. The number of para-hydroxylation sites is 1. The third kappa shape index (κ3) is 5.22. The molecule has 2 fully saturated rings. The third-order valence-corrected chi connectivity index (χ3v) is 7.50. The largest absolute Gasteiger partial charge is 0.350 e. The van der Waals surface area contributed by atoms with Crippen molar-refractivity contribution in [2.24, 2.45) is 0 Å². The minimum Gasteiger partial charge on any atom is -0.350 e. The number of carbonyl (C=O) groups excluding carboxylic acids is 3. The average molecular weight is 535 g/mol. The Morgan fingerprint density at radius 1 is 0.947 bits per heavy atom. The van der Waals surface area contributed by atoms with Gasteiger partial charge in [-0.05, 0) is 60.9 Å². The van der Waals surface area contributed by atoms with E-state index in [1.807, 2.05) is 30.3 Å². The van der Waals surface area contributed by atoms with Crippen LogP contribution >= 0.6 is 11.6 Å². The van der Waals surface area contributed by atoms with E-state index < -0.39 is 5.54 Å². The zero-order valence-electron chi connectivity index (χ0n) is 20.8. The van der Waals surface area contributed by atoms with Gasteiger partial charge in [0, 0.05) is 35.9 Å². The van der Waals surface area contributed by atoms with Crippen molar-refractivity contribution in [2.75, 3.05) is 31.2 Å². The lowest BCUT2D eigenvalue weighted by molar-refractivity contribution is -0.137. The summed E-state index contributed by atoms with van der Waals surface area (Å²) in [5.41, 5.74) is 1.34. The Morgan fingerprint density at radius 3 is 2.34 bits per heavy atom. The lowest BCUT2D eigenvalue weighted by Gasteiger charge is -2.43. The number of hydrogen-bond acceptors (Lipinski definition) is 4. The van der Waals surface area contributed by atoms with E-state index >= 15 is 0 Å². The Kier molecular flexibility index (Phi) is 7.33. The van der Waals surface area contributed by atoms with Crippen molar-refractivity contribution in [3.05, 3.63) is 101 Å². The highest BCUT2D eigenvalue weighted by Crippen LogP contribution is 2.39. The van der Waals surface area contributed by atoms with Crippen LogP contribution in [0.15, 0.2) is 78.9 Å². The molecule has 38 heavy (non-hydrogen) atoms. The quantitative estimate of drug-likeness (QED) is 0.517. The number of hydrogen-bond donors (Lipinski definition) is 1. The van der Waals surface area contributed by atoms with Crippen LogP contribution < -0.4 is 10.2 Å². The van der Waals surface area contributed by atoms with Crippen LogP contribution in [0.25, 0.3) is 0 Å². The van der Waals surface area contributed by atoms with Gasteiger partial charge in [-0.1, -0.05) is 48.0 Å². The molecule has 0 aromatic heterocycles. The number of nitrogens with zero attached hydrogens (tertiary/aromatic N) is 3. The van der Waals surface area contributed by atoms with Gasteiger partial charge in [0.1, 0.15) is 17.9 Å². The summed E-state index contributed by atoms with van der Waals surface area (Å²) in [6.45, 7) is 1.25. The van der Waals surface area contributed by atoms with Crippen molar-refractivity contribution in [3.63, 3.8) is 0 Å². The van der Waals surface area contributed by atoms with Gasteiger partial charge in [0.25, 0.3) is 11.8 Å². The molecule has 2 heterocycles. The van der Waals surface area contributed by atoms with E-state index in [1.54, 1.807) is 46.2 Å². The van der Waals surface area contributed by atoms with Crippen LogP contribution in [0.4, 0.5) is 10.1 Å². The van der Waals surface area contributed by atoms with Crippen molar-refractivity contribution < 1.29 is 18.8 Å². The Bertz CT molecular complexity index is 1330. The van der Waals surface area contributed by atoms with Gasteiger partial charge < -0.3 is 20.0 Å². The predicted molar refractivity (Wildman–Crippen MR) is 143 cm³/mol. The number of anilines is 1. The zero-order valence-corrected chi connectivity index (χ0v) is 21.5. The molecule has 2 aliphatic heterocycles. The molecule has 2 aliphatic rings. The maximum absolute atomic E-state index is 13.8. The molecular formula is C29H28ClFN4O3. The minimum atomic E-state index is -0.844. The van der Waals surface area contributed by atoms with E-state index in [1.165, 1.54) is 12.1 Å². The third-order valence-electron chi connectivity index (χ3n) is 7.27.